The first-order chi connectivity index (χ1) is 21.1. The zero-order valence-corrected chi connectivity index (χ0v) is 24.5. The van der Waals surface area contributed by atoms with Crippen molar-refractivity contribution in [1.29, 1.82) is 0 Å². The molecule has 17 heteroatoms. The van der Waals surface area contributed by atoms with Crippen molar-refractivity contribution in [2.45, 2.75) is 29.6 Å². The van der Waals surface area contributed by atoms with E-state index >= 15 is 0 Å². The van der Waals surface area contributed by atoms with E-state index in [0.717, 1.165) is 16.7 Å². The summed E-state index contributed by atoms with van der Waals surface area (Å²) >= 11 is 2.45. The number of aliphatic carboxylic acids is 1. The minimum atomic E-state index is -1.28. The number of thioether (sulfide) groups is 2. The van der Waals surface area contributed by atoms with Gasteiger partial charge in [-0.15, -0.1) is 22.0 Å². The Kier molecular flexibility index (Phi) is 9.15. The highest BCUT2D eigenvalue weighted by molar-refractivity contribution is 8.01. The molecule has 1 unspecified atom stereocenters. The first-order valence-corrected chi connectivity index (χ1v) is 15.0. The third kappa shape index (κ3) is 6.52. The van der Waals surface area contributed by atoms with E-state index in [1.165, 1.54) is 36.0 Å². The molecular weight excluding hydrogens is 616 g/mol. The Morgan fingerprint density at radius 2 is 1.93 bits per heavy atom. The fraction of sp³-hybridized carbons (Fsp3) is 0.259. The number of hydrogen-bond donors (Lipinski definition) is 3. The number of carbonyl (C=O) groups excluding carboxylic acids is 3. The predicted molar refractivity (Wildman–Crippen MR) is 155 cm³/mol. The van der Waals surface area contributed by atoms with E-state index in [-0.39, 0.29) is 33.9 Å². The van der Waals surface area contributed by atoms with Gasteiger partial charge in [-0.25, -0.2) is 4.79 Å². The van der Waals surface area contributed by atoms with Gasteiger partial charge >= 0.3 is 11.7 Å². The molecule has 3 atom stereocenters. The van der Waals surface area contributed by atoms with Crippen molar-refractivity contribution in [3.63, 3.8) is 0 Å². The summed E-state index contributed by atoms with van der Waals surface area (Å²) in [7, 11) is 0. The summed E-state index contributed by atoms with van der Waals surface area (Å²) in [5.41, 5.74) is 0.418. The lowest BCUT2D eigenvalue weighted by molar-refractivity contribution is -0.385. The molecule has 2 aliphatic rings. The second-order valence-electron chi connectivity index (χ2n) is 9.45. The highest BCUT2D eigenvalue weighted by Gasteiger charge is 2.54. The lowest BCUT2D eigenvalue weighted by atomic mass is 10.0. The molecule has 2 aliphatic heterocycles. The molecular formula is C27H24N6O9S2. The standard InChI is InChI=1S/C27H24N6O9S2/c1-14-30-31-27(42-14)44-13-16-12-43-25-21(24(36)32(25)22(16)26(37)38)29-23(35)20(15-7-3-2-4-8-15)28-19(34)11-41-18-10-6-5-9-17(18)33(39)40/h2-10,20-21,25H,11-13H2,1H3,(H,28,34)(H,29,35)(H,37,38)/t20-,21?,25-/m0/s1. The van der Waals surface area contributed by atoms with Gasteiger partial charge in [0.25, 0.3) is 17.0 Å². The topological polar surface area (TPSA) is 207 Å². The molecule has 0 saturated carbocycles. The van der Waals surface area contributed by atoms with Crippen molar-refractivity contribution in [3.05, 3.63) is 87.4 Å². The van der Waals surface area contributed by atoms with Crippen molar-refractivity contribution in [2.24, 2.45) is 0 Å². The Balaban J connectivity index is 1.27. The minimum absolute atomic E-state index is 0.116. The molecule has 0 radical (unpaired) electrons. The first-order valence-electron chi connectivity index (χ1n) is 13.0. The van der Waals surface area contributed by atoms with Crippen molar-refractivity contribution in [2.75, 3.05) is 18.1 Å². The van der Waals surface area contributed by atoms with Gasteiger partial charge in [0.05, 0.1) is 4.92 Å². The van der Waals surface area contributed by atoms with Gasteiger partial charge < -0.3 is 24.9 Å². The largest absolute Gasteiger partial charge is 0.477 e. The van der Waals surface area contributed by atoms with E-state index in [2.05, 4.69) is 20.8 Å². The van der Waals surface area contributed by atoms with Crippen molar-refractivity contribution < 1.29 is 38.4 Å². The number of nitro benzene ring substituents is 1. The highest BCUT2D eigenvalue weighted by Crippen LogP contribution is 2.41. The zero-order chi connectivity index (χ0) is 31.4. The van der Waals surface area contributed by atoms with Crippen LogP contribution in [-0.2, 0) is 19.2 Å². The number of fused-ring (bicyclic) bond motifs is 1. The van der Waals surface area contributed by atoms with E-state index in [1.807, 2.05) is 0 Å². The van der Waals surface area contributed by atoms with Crippen LogP contribution in [0, 0.1) is 17.0 Å². The molecule has 3 N–H and O–H groups in total. The van der Waals surface area contributed by atoms with Crippen LogP contribution in [0.4, 0.5) is 5.69 Å². The van der Waals surface area contributed by atoms with Crippen LogP contribution in [0.5, 0.6) is 5.75 Å². The molecule has 1 saturated heterocycles. The van der Waals surface area contributed by atoms with Crippen LogP contribution in [0.1, 0.15) is 17.5 Å². The van der Waals surface area contributed by atoms with Gasteiger partial charge in [0.1, 0.15) is 23.2 Å². The maximum Gasteiger partial charge on any atom is 0.352 e. The number of nitrogens with one attached hydrogen (secondary N) is 2. The predicted octanol–water partition coefficient (Wildman–Crippen LogP) is 2.05. The number of nitrogens with zero attached hydrogens (tertiary/aromatic N) is 4. The first kappa shape index (κ1) is 30.6. The number of β-lactam (4-membered cyclic amide) rings is 1. The Bertz CT molecular complexity index is 1650. The molecule has 1 fully saturated rings. The Hall–Kier alpha value is -4.90. The number of para-hydroxylation sites is 2. The Morgan fingerprint density at radius 1 is 1.20 bits per heavy atom. The number of aromatic nitrogens is 2. The lowest BCUT2D eigenvalue weighted by Crippen LogP contribution is -2.71. The number of benzene rings is 2. The van der Waals surface area contributed by atoms with Crippen molar-refractivity contribution in [1.82, 2.24) is 25.7 Å². The summed E-state index contributed by atoms with van der Waals surface area (Å²) in [6.45, 7) is 1.01. The van der Waals surface area contributed by atoms with Crippen LogP contribution in [0.3, 0.4) is 0 Å². The van der Waals surface area contributed by atoms with Gasteiger partial charge in [-0.3, -0.25) is 29.4 Å². The quantitative estimate of drug-likeness (QED) is 0.112. The van der Waals surface area contributed by atoms with Gasteiger partial charge in [0.2, 0.25) is 11.8 Å². The van der Waals surface area contributed by atoms with Gasteiger partial charge in [0, 0.05) is 24.5 Å². The molecule has 228 valence electrons. The number of carboxylic acids is 1. The van der Waals surface area contributed by atoms with E-state index in [9.17, 15) is 34.4 Å². The van der Waals surface area contributed by atoms with Gasteiger partial charge in [-0.05, 0) is 17.2 Å². The normalized spacial score (nSPS) is 18.1. The van der Waals surface area contributed by atoms with E-state index in [0.29, 0.717) is 17.0 Å². The summed E-state index contributed by atoms with van der Waals surface area (Å²) in [6, 6.07) is 11.5. The summed E-state index contributed by atoms with van der Waals surface area (Å²) in [6.07, 6.45) is 0. The number of carboxylic acid groups (broad SMARTS) is 1. The average Bonchev–Trinajstić information content (AvgIpc) is 3.44. The molecule has 44 heavy (non-hydrogen) atoms. The SMILES string of the molecule is Cc1nnc(SCC2=C(C(=O)O)N3C(=O)C(NC(=O)[C@@H](NC(=O)COc4ccccc4[N+](=O)[O-])c4ccccc4)[C@@H]3SC2)o1. The monoisotopic (exact) mass is 640 g/mol. The maximum absolute atomic E-state index is 13.5. The van der Waals surface area contributed by atoms with Crippen LogP contribution in [-0.4, -0.2) is 78.3 Å². The number of amides is 3. The molecule has 1 aromatic heterocycles. The number of carbonyl (C=O) groups is 4. The van der Waals surface area contributed by atoms with Crippen LogP contribution in [0.25, 0.3) is 0 Å². The Morgan fingerprint density at radius 3 is 2.61 bits per heavy atom. The second-order valence-corrected chi connectivity index (χ2v) is 11.5. The number of aryl methyl sites for hydroxylation is 1. The van der Waals surface area contributed by atoms with Crippen LogP contribution in [0.15, 0.2) is 75.5 Å². The second kappa shape index (κ2) is 13.2. The summed E-state index contributed by atoms with van der Waals surface area (Å²) in [4.78, 5) is 63.4. The molecule has 3 heterocycles. The summed E-state index contributed by atoms with van der Waals surface area (Å²) < 4.78 is 10.7. The third-order valence-electron chi connectivity index (χ3n) is 6.55. The van der Waals surface area contributed by atoms with Gasteiger partial charge in [-0.2, -0.15) is 0 Å². The molecule has 5 rings (SSSR count). The zero-order valence-electron chi connectivity index (χ0n) is 22.9. The maximum atomic E-state index is 13.5. The third-order valence-corrected chi connectivity index (χ3v) is 8.79. The number of rotatable bonds is 12. The number of ether oxygens (including phenoxy) is 1. The fourth-order valence-corrected chi connectivity index (χ4v) is 6.83. The lowest BCUT2D eigenvalue weighted by Gasteiger charge is -2.49. The van der Waals surface area contributed by atoms with Gasteiger partial charge in [0.15, 0.2) is 12.4 Å². The number of hydrogen-bond acceptors (Lipinski definition) is 12. The number of nitro groups is 1. The average molecular weight is 641 g/mol. The molecule has 15 nitrogen and oxygen atoms in total. The molecule has 0 spiro atoms. The minimum Gasteiger partial charge on any atom is -0.477 e. The smallest absolute Gasteiger partial charge is 0.352 e. The van der Waals surface area contributed by atoms with E-state index in [1.54, 1.807) is 37.3 Å². The van der Waals surface area contributed by atoms with Crippen LogP contribution >= 0.6 is 23.5 Å². The molecule has 0 bridgehead atoms. The molecule has 0 aliphatic carbocycles. The van der Waals surface area contributed by atoms with Crippen LogP contribution in [0.2, 0.25) is 0 Å². The van der Waals surface area contributed by atoms with Crippen LogP contribution < -0.4 is 15.4 Å². The fourth-order valence-electron chi connectivity index (χ4n) is 4.54. The summed E-state index contributed by atoms with van der Waals surface area (Å²) in [5, 5.41) is 33.6. The molecule has 2 aromatic carbocycles. The highest BCUT2D eigenvalue weighted by atomic mass is 32.2. The molecule has 3 aromatic rings. The Labute approximate surface area is 257 Å². The summed E-state index contributed by atoms with van der Waals surface area (Å²) in [5.74, 6) is -2.59. The van der Waals surface area contributed by atoms with E-state index < -0.39 is 52.7 Å². The van der Waals surface area contributed by atoms with Crippen molar-refractivity contribution >= 4 is 52.9 Å². The van der Waals surface area contributed by atoms with Gasteiger partial charge in [-0.1, -0.05) is 54.2 Å². The molecule has 3 amide bonds. The van der Waals surface area contributed by atoms with E-state index in [4.69, 9.17) is 9.15 Å². The van der Waals surface area contributed by atoms with Crippen molar-refractivity contribution in [3.8, 4) is 5.75 Å².